The van der Waals surface area contributed by atoms with Crippen LogP contribution in [0.2, 0.25) is 0 Å². The number of hydrogen-bond acceptors (Lipinski definition) is 6. The van der Waals surface area contributed by atoms with Crippen molar-refractivity contribution < 1.29 is 13.9 Å². The van der Waals surface area contributed by atoms with Crippen molar-refractivity contribution in [2.75, 3.05) is 11.1 Å². The molecule has 0 saturated carbocycles. The molecule has 29 heavy (non-hydrogen) atoms. The Labute approximate surface area is 175 Å². The second kappa shape index (κ2) is 9.13. The number of amides is 1. The Hall–Kier alpha value is -2.80. The molecule has 0 bridgehead atoms. The molecule has 0 radical (unpaired) electrons. The maximum Gasteiger partial charge on any atom is 0.277 e. The summed E-state index contributed by atoms with van der Waals surface area (Å²) in [5, 5.41) is 11.3. The van der Waals surface area contributed by atoms with Gasteiger partial charge in [0.25, 0.3) is 11.1 Å². The average Bonchev–Trinajstić information content (AvgIpc) is 3.12. The molecule has 1 amide bonds. The van der Waals surface area contributed by atoms with E-state index in [-0.39, 0.29) is 18.3 Å². The van der Waals surface area contributed by atoms with Crippen molar-refractivity contribution in [3.05, 3.63) is 64.0 Å². The quantitative estimate of drug-likeness (QED) is 0.556. The number of aromatic nitrogens is 2. The smallest absolute Gasteiger partial charge is 0.277 e. The van der Waals surface area contributed by atoms with E-state index in [2.05, 4.69) is 27.6 Å². The van der Waals surface area contributed by atoms with E-state index in [1.807, 2.05) is 52.8 Å². The predicted octanol–water partition coefficient (Wildman–Crippen LogP) is 4.92. The highest BCUT2D eigenvalue weighted by Crippen LogP contribution is 2.24. The zero-order chi connectivity index (χ0) is 21.0. The minimum atomic E-state index is -0.114. The van der Waals surface area contributed by atoms with Crippen molar-refractivity contribution in [1.82, 2.24) is 10.2 Å². The van der Waals surface area contributed by atoms with E-state index in [1.165, 1.54) is 17.3 Å². The number of carbonyl (C=O) groups is 1. The zero-order valence-electron chi connectivity index (χ0n) is 17.3. The van der Waals surface area contributed by atoms with Crippen LogP contribution in [0.25, 0.3) is 0 Å². The fourth-order valence-electron chi connectivity index (χ4n) is 3.05. The molecule has 0 atom stereocenters. The van der Waals surface area contributed by atoms with Crippen LogP contribution in [0.3, 0.4) is 0 Å². The molecular weight excluding hydrogens is 386 g/mol. The van der Waals surface area contributed by atoms with Crippen molar-refractivity contribution >= 4 is 23.4 Å². The largest absolute Gasteiger partial charge is 0.484 e. The van der Waals surface area contributed by atoms with Crippen LogP contribution in [0.1, 0.15) is 33.7 Å². The van der Waals surface area contributed by atoms with Gasteiger partial charge in [-0.2, -0.15) is 0 Å². The summed E-state index contributed by atoms with van der Waals surface area (Å²) in [5.74, 6) is 1.24. The molecule has 2 aromatic carbocycles. The number of carbonyl (C=O) groups excluding carboxylic acids is 1. The Bertz CT molecular complexity index is 1010. The van der Waals surface area contributed by atoms with Crippen LogP contribution in [-0.2, 0) is 11.4 Å². The molecule has 6 nitrogen and oxygen atoms in total. The number of benzene rings is 2. The van der Waals surface area contributed by atoms with Crippen LogP contribution in [0, 0.1) is 34.6 Å². The van der Waals surface area contributed by atoms with Gasteiger partial charge in [0.1, 0.15) is 5.75 Å². The standard InChI is InChI=1S/C22H25N3O3S/c1-13-9-15(3)21(16(4)10-13)23-19(26)12-29-22-25-24-20(28-22)11-27-18-8-6-7-14(2)17(18)5/h6-10H,11-12H2,1-5H3,(H,23,26). The van der Waals surface area contributed by atoms with Crippen molar-refractivity contribution in [1.29, 1.82) is 0 Å². The summed E-state index contributed by atoms with van der Waals surface area (Å²) in [4.78, 5) is 12.3. The van der Waals surface area contributed by atoms with E-state index in [0.29, 0.717) is 11.1 Å². The third-order valence-corrected chi connectivity index (χ3v) is 5.44. The molecule has 7 heteroatoms. The molecule has 1 aromatic heterocycles. The Morgan fingerprint density at radius 2 is 1.79 bits per heavy atom. The average molecular weight is 412 g/mol. The molecule has 0 fully saturated rings. The molecule has 1 heterocycles. The fraction of sp³-hybridized carbons (Fsp3) is 0.318. The number of hydrogen-bond donors (Lipinski definition) is 1. The van der Waals surface area contributed by atoms with Crippen LogP contribution in [0.4, 0.5) is 5.69 Å². The van der Waals surface area contributed by atoms with Crippen LogP contribution in [-0.4, -0.2) is 21.9 Å². The first-order chi connectivity index (χ1) is 13.8. The number of aryl methyl sites for hydroxylation is 4. The Morgan fingerprint density at radius 3 is 2.52 bits per heavy atom. The maximum atomic E-state index is 12.3. The van der Waals surface area contributed by atoms with Crippen molar-refractivity contribution in [2.45, 2.75) is 46.4 Å². The Morgan fingerprint density at radius 1 is 1.07 bits per heavy atom. The van der Waals surface area contributed by atoms with Gasteiger partial charge in [-0.15, -0.1) is 10.2 Å². The Kier molecular flexibility index (Phi) is 6.59. The van der Waals surface area contributed by atoms with E-state index in [4.69, 9.17) is 9.15 Å². The molecule has 0 saturated heterocycles. The van der Waals surface area contributed by atoms with Crippen molar-refractivity contribution in [3.63, 3.8) is 0 Å². The van der Waals surface area contributed by atoms with Gasteiger partial charge in [0, 0.05) is 5.69 Å². The zero-order valence-corrected chi connectivity index (χ0v) is 18.1. The van der Waals surface area contributed by atoms with Gasteiger partial charge < -0.3 is 14.5 Å². The summed E-state index contributed by atoms with van der Waals surface area (Å²) >= 11 is 1.20. The van der Waals surface area contributed by atoms with Crippen molar-refractivity contribution in [2.24, 2.45) is 0 Å². The normalized spacial score (nSPS) is 10.8. The van der Waals surface area contributed by atoms with Gasteiger partial charge >= 0.3 is 0 Å². The number of nitrogens with zero attached hydrogens (tertiary/aromatic N) is 2. The molecule has 0 spiro atoms. The fourth-order valence-corrected chi connectivity index (χ4v) is 3.64. The molecule has 0 aliphatic rings. The summed E-state index contributed by atoms with van der Waals surface area (Å²) in [5.41, 5.74) is 6.37. The predicted molar refractivity (Wildman–Crippen MR) is 115 cm³/mol. The molecule has 0 aliphatic heterocycles. The Balaban J connectivity index is 1.53. The van der Waals surface area contributed by atoms with Crippen molar-refractivity contribution in [3.8, 4) is 5.75 Å². The molecule has 3 rings (SSSR count). The van der Waals surface area contributed by atoms with Gasteiger partial charge in [0.05, 0.1) is 5.75 Å². The lowest BCUT2D eigenvalue weighted by Gasteiger charge is -2.12. The molecule has 0 aliphatic carbocycles. The second-order valence-electron chi connectivity index (χ2n) is 7.06. The summed E-state index contributed by atoms with van der Waals surface area (Å²) in [6.07, 6.45) is 0. The minimum absolute atomic E-state index is 0.114. The highest BCUT2D eigenvalue weighted by molar-refractivity contribution is 7.99. The number of thioether (sulfide) groups is 1. The van der Waals surface area contributed by atoms with Gasteiger partial charge in [-0.1, -0.05) is 41.6 Å². The monoisotopic (exact) mass is 411 g/mol. The SMILES string of the molecule is Cc1cc(C)c(NC(=O)CSc2nnc(COc3cccc(C)c3C)o2)c(C)c1. The van der Waals surface area contributed by atoms with Crippen LogP contribution >= 0.6 is 11.8 Å². The summed E-state index contributed by atoms with van der Waals surface area (Å²) in [7, 11) is 0. The third-order valence-electron chi connectivity index (χ3n) is 4.62. The highest BCUT2D eigenvalue weighted by Gasteiger charge is 2.13. The highest BCUT2D eigenvalue weighted by atomic mass is 32.2. The van der Waals surface area contributed by atoms with E-state index in [0.717, 1.165) is 33.7 Å². The number of nitrogens with one attached hydrogen (secondary N) is 1. The molecular formula is C22H25N3O3S. The van der Waals surface area contributed by atoms with Crippen LogP contribution in [0.5, 0.6) is 5.75 Å². The topological polar surface area (TPSA) is 77.2 Å². The molecule has 3 aromatic rings. The molecule has 152 valence electrons. The number of rotatable bonds is 7. The van der Waals surface area contributed by atoms with Gasteiger partial charge in [-0.25, -0.2) is 0 Å². The van der Waals surface area contributed by atoms with Crippen LogP contribution < -0.4 is 10.1 Å². The van der Waals surface area contributed by atoms with E-state index in [1.54, 1.807) is 0 Å². The van der Waals surface area contributed by atoms with Gasteiger partial charge in [-0.3, -0.25) is 4.79 Å². The lowest BCUT2D eigenvalue weighted by molar-refractivity contribution is -0.113. The summed E-state index contributed by atoms with van der Waals surface area (Å²) in [6, 6.07) is 10.00. The first-order valence-corrected chi connectivity index (χ1v) is 10.3. The lowest BCUT2D eigenvalue weighted by atomic mass is 10.1. The first-order valence-electron chi connectivity index (χ1n) is 9.35. The second-order valence-corrected chi connectivity index (χ2v) is 7.99. The molecule has 1 N–H and O–H groups in total. The van der Waals surface area contributed by atoms with Crippen LogP contribution in [0.15, 0.2) is 40.0 Å². The van der Waals surface area contributed by atoms with Gasteiger partial charge in [0.15, 0.2) is 6.61 Å². The third kappa shape index (κ3) is 5.38. The lowest BCUT2D eigenvalue weighted by Crippen LogP contribution is -2.15. The van der Waals surface area contributed by atoms with E-state index >= 15 is 0 Å². The number of ether oxygens (including phenoxy) is 1. The first kappa shape index (κ1) is 20.9. The minimum Gasteiger partial charge on any atom is -0.484 e. The maximum absolute atomic E-state index is 12.3. The van der Waals surface area contributed by atoms with Gasteiger partial charge in [0.2, 0.25) is 5.91 Å². The summed E-state index contributed by atoms with van der Waals surface area (Å²) < 4.78 is 11.3. The van der Waals surface area contributed by atoms with E-state index in [9.17, 15) is 4.79 Å². The van der Waals surface area contributed by atoms with E-state index < -0.39 is 0 Å². The summed E-state index contributed by atoms with van der Waals surface area (Å²) in [6.45, 7) is 10.3. The molecule has 0 unspecified atom stereocenters. The van der Waals surface area contributed by atoms with Gasteiger partial charge in [-0.05, 0) is 62.9 Å². The number of anilines is 1.